The summed E-state index contributed by atoms with van der Waals surface area (Å²) in [5, 5.41) is 9.59. The highest BCUT2D eigenvalue weighted by Crippen LogP contribution is 2.33. The van der Waals surface area contributed by atoms with Gasteiger partial charge in [-0.3, -0.25) is 0 Å². The molecule has 0 aromatic rings. The maximum atomic E-state index is 5.84. The lowest BCUT2D eigenvalue weighted by Gasteiger charge is -2.30. The lowest BCUT2D eigenvalue weighted by Crippen LogP contribution is -2.27. The lowest BCUT2D eigenvalue weighted by molar-refractivity contribution is 0.290. The van der Waals surface area contributed by atoms with Crippen molar-refractivity contribution in [1.82, 2.24) is 0 Å². The normalized spacial score (nSPS) is 14.8. The van der Waals surface area contributed by atoms with Crippen LogP contribution in [0.3, 0.4) is 0 Å². The Hall–Kier alpha value is -0.0200. The first-order chi connectivity index (χ1) is 11.7. The quantitative estimate of drug-likeness (QED) is 0.119. The van der Waals surface area contributed by atoms with Gasteiger partial charge in [-0.25, -0.2) is 0 Å². The Morgan fingerprint density at radius 2 is 1.32 bits per heavy atom. The molecule has 25 heavy (non-hydrogen) atoms. The van der Waals surface area contributed by atoms with Crippen LogP contribution < -0.4 is 0 Å². The van der Waals surface area contributed by atoms with E-state index < -0.39 is 0 Å². The summed E-state index contributed by atoms with van der Waals surface area (Å²) in [7, 11) is 0. The number of rotatable bonds is 15. The number of nitrogens with zero attached hydrogens (tertiary/aromatic N) is 2. The highest BCUT2D eigenvalue weighted by atomic mass is 35.5. The molecule has 0 radical (unpaired) electrons. The zero-order valence-electron chi connectivity index (χ0n) is 17.4. The Morgan fingerprint density at radius 3 is 1.84 bits per heavy atom. The molecule has 148 valence electrons. The molecule has 0 heterocycles. The third-order valence-electron chi connectivity index (χ3n) is 4.54. The van der Waals surface area contributed by atoms with Crippen molar-refractivity contribution in [3.05, 3.63) is 0 Å². The summed E-state index contributed by atoms with van der Waals surface area (Å²) >= 11 is 10.8. The first-order valence-corrected chi connectivity index (χ1v) is 11.2. The smallest absolute Gasteiger partial charge is 0.0816 e. The van der Waals surface area contributed by atoms with Crippen LogP contribution in [0.4, 0.5) is 0 Å². The molecule has 0 spiro atoms. The van der Waals surface area contributed by atoms with E-state index in [4.69, 9.17) is 28.9 Å². The molecule has 2 nitrogen and oxygen atoms in total. The first-order valence-electron chi connectivity index (χ1n) is 10.4. The number of unbranched alkanes of at least 4 members (excludes halogenated alkanes) is 6. The molecule has 0 bridgehead atoms. The fraction of sp³-hybridized carbons (Fsp3) is 0.952. The molecule has 0 amide bonds. The van der Waals surface area contributed by atoms with E-state index in [9.17, 15) is 0 Å². The van der Waals surface area contributed by atoms with Gasteiger partial charge in [-0.15, -0.1) is 0 Å². The van der Waals surface area contributed by atoms with Crippen LogP contribution in [0.1, 0.15) is 118 Å². The van der Waals surface area contributed by atoms with Gasteiger partial charge < -0.3 is 0 Å². The molecule has 1 atom stereocenters. The van der Waals surface area contributed by atoms with Gasteiger partial charge >= 0.3 is 0 Å². The van der Waals surface area contributed by atoms with Gasteiger partial charge in [-0.2, -0.15) is 10.2 Å². The second-order valence-corrected chi connectivity index (χ2v) is 9.60. The van der Waals surface area contributed by atoms with E-state index in [1.54, 1.807) is 0 Å². The maximum Gasteiger partial charge on any atom is 0.0816 e. The highest BCUT2D eigenvalue weighted by Gasteiger charge is 2.29. The zero-order chi connectivity index (χ0) is 19.2. The van der Waals surface area contributed by atoms with Crippen molar-refractivity contribution in [3.8, 4) is 0 Å². The van der Waals surface area contributed by atoms with Gasteiger partial charge in [0.15, 0.2) is 0 Å². The molecular weight excluding hydrogens is 348 g/mol. The van der Waals surface area contributed by atoms with Crippen molar-refractivity contribution < 1.29 is 0 Å². The minimum atomic E-state index is -0.0994. The van der Waals surface area contributed by atoms with Crippen molar-refractivity contribution in [2.24, 2.45) is 10.2 Å². The van der Waals surface area contributed by atoms with Crippen molar-refractivity contribution in [2.75, 3.05) is 0 Å². The summed E-state index contributed by atoms with van der Waals surface area (Å²) < 4.78 is 0.605. The van der Waals surface area contributed by atoms with Gasteiger partial charge in [0.2, 0.25) is 0 Å². The molecule has 0 saturated carbocycles. The average molecular weight is 389 g/mol. The topological polar surface area (TPSA) is 24.7 Å². The summed E-state index contributed by atoms with van der Waals surface area (Å²) in [6.07, 6.45) is 15.6. The highest BCUT2D eigenvalue weighted by molar-refractivity contribution is 7.83. The van der Waals surface area contributed by atoms with Crippen LogP contribution in [0.2, 0.25) is 0 Å². The van der Waals surface area contributed by atoms with Gasteiger partial charge in [-0.05, 0) is 52.9 Å². The number of hydrogen-bond donors (Lipinski definition) is 0. The number of azo groups is 1. The van der Waals surface area contributed by atoms with Crippen molar-refractivity contribution in [1.29, 1.82) is 0 Å². The molecule has 0 rings (SSSR count). The molecule has 0 fully saturated rings. The molecule has 1 unspecified atom stereocenters. The summed E-state index contributed by atoms with van der Waals surface area (Å²) in [4.78, 5) is 0. The van der Waals surface area contributed by atoms with Gasteiger partial charge in [-0.1, -0.05) is 89.0 Å². The Kier molecular flexibility index (Phi) is 14.1. The van der Waals surface area contributed by atoms with E-state index in [1.807, 2.05) is 0 Å². The minimum absolute atomic E-state index is 0.0146. The molecular formula is C21H41ClN2S. The molecule has 0 aliphatic carbocycles. The van der Waals surface area contributed by atoms with Crippen molar-refractivity contribution in [3.63, 3.8) is 0 Å². The fourth-order valence-corrected chi connectivity index (χ4v) is 3.48. The summed E-state index contributed by atoms with van der Waals surface area (Å²) in [6.45, 7) is 10.9. The van der Waals surface area contributed by atoms with Gasteiger partial charge in [0.05, 0.1) is 15.4 Å². The molecule has 0 saturated heterocycles. The molecule has 4 heteroatoms. The Bertz CT molecular complexity index is 377. The Labute approximate surface area is 167 Å². The third kappa shape index (κ3) is 14.8. The van der Waals surface area contributed by atoms with E-state index in [2.05, 4.69) is 39.7 Å². The summed E-state index contributed by atoms with van der Waals surface area (Å²) in [6, 6.07) is 0. The Balaban J connectivity index is 4.76. The van der Waals surface area contributed by atoms with Crippen molar-refractivity contribution >= 4 is 28.1 Å². The number of halogens is 1. The summed E-state index contributed by atoms with van der Waals surface area (Å²) in [5.74, 6) is 0. The monoisotopic (exact) mass is 388 g/mol. The van der Waals surface area contributed by atoms with E-state index in [-0.39, 0.29) is 11.1 Å². The van der Waals surface area contributed by atoms with Crippen molar-refractivity contribution in [2.45, 2.75) is 129 Å². The average Bonchev–Trinajstić information content (AvgIpc) is 2.52. The second-order valence-electron chi connectivity index (χ2n) is 8.43. The van der Waals surface area contributed by atoms with E-state index >= 15 is 0 Å². The SMILES string of the molecule is CCCCCCCCC(CCC)(CCCCC(=S)Cl)N=NC(C)(C)C. The molecule has 0 aromatic carbocycles. The van der Waals surface area contributed by atoms with Crippen LogP contribution in [0.15, 0.2) is 10.2 Å². The van der Waals surface area contributed by atoms with Crippen LogP contribution in [0.25, 0.3) is 0 Å². The van der Waals surface area contributed by atoms with E-state index in [0.717, 1.165) is 44.9 Å². The third-order valence-corrected chi connectivity index (χ3v) is 4.93. The second kappa shape index (κ2) is 14.1. The zero-order valence-corrected chi connectivity index (χ0v) is 18.9. The minimum Gasteiger partial charge on any atom is -0.188 e. The van der Waals surface area contributed by atoms with Gasteiger partial charge in [0.25, 0.3) is 0 Å². The van der Waals surface area contributed by atoms with Crippen LogP contribution in [-0.4, -0.2) is 15.4 Å². The molecule has 0 aliphatic heterocycles. The largest absolute Gasteiger partial charge is 0.188 e. The van der Waals surface area contributed by atoms with Crippen LogP contribution in [-0.2, 0) is 0 Å². The Morgan fingerprint density at radius 1 is 0.760 bits per heavy atom. The van der Waals surface area contributed by atoms with Crippen LogP contribution >= 0.6 is 23.8 Å². The molecule has 0 aliphatic rings. The van der Waals surface area contributed by atoms with Crippen LogP contribution in [0, 0.1) is 0 Å². The van der Waals surface area contributed by atoms with Crippen LogP contribution in [0.5, 0.6) is 0 Å². The number of hydrogen-bond acceptors (Lipinski definition) is 3. The standard InChI is InChI=1S/C21H41ClN2S/c1-6-8-9-10-11-13-17-21(16-7-2,24-23-20(3,4)5)18-14-12-15-19(22)25/h6-18H2,1-5H3. The fourth-order valence-electron chi connectivity index (χ4n) is 3.20. The number of thiocarbonyl (C=S) groups is 1. The molecule has 0 N–H and O–H groups in total. The predicted molar refractivity (Wildman–Crippen MR) is 117 cm³/mol. The summed E-state index contributed by atoms with van der Waals surface area (Å²) in [5.41, 5.74) is -0.0848. The van der Waals surface area contributed by atoms with Gasteiger partial charge in [0, 0.05) is 0 Å². The lowest BCUT2D eigenvalue weighted by atomic mass is 9.83. The predicted octanol–water partition coefficient (Wildman–Crippen LogP) is 8.65. The van der Waals surface area contributed by atoms with E-state index in [1.165, 1.54) is 38.5 Å². The first kappa shape index (κ1) is 25.0. The molecule has 0 aromatic heterocycles. The van der Waals surface area contributed by atoms with Gasteiger partial charge in [0.1, 0.15) is 0 Å². The van der Waals surface area contributed by atoms with E-state index in [0.29, 0.717) is 4.32 Å². The maximum absolute atomic E-state index is 5.84.